The maximum atomic E-state index is 13.8. The molecule has 1 aliphatic heterocycles. The summed E-state index contributed by atoms with van der Waals surface area (Å²) >= 11 is 0. The Labute approximate surface area is 161 Å². The number of piperazine rings is 1. The predicted molar refractivity (Wildman–Crippen MR) is 95.1 cm³/mol. The molecule has 1 aromatic heterocycles. The van der Waals surface area contributed by atoms with Gasteiger partial charge in [-0.25, -0.2) is 22.0 Å². The molecule has 7 nitrogen and oxygen atoms in total. The molecule has 0 amide bonds. The van der Waals surface area contributed by atoms with Gasteiger partial charge >= 0.3 is 5.97 Å². The topological polar surface area (TPSA) is 80.1 Å². The van der Waals surface area contributed by atoms with E-state index in [-0.39, 0.29) is 42.7 Å². The van der Waals surface area contributed by atoms with Crippen LogP contribution in [0.1, 0.15) is 23.0 Å². The van der Waals surface area contributed by atoms with Crippen LogP contribution in [-0.4, -0.2) is 56.4 Å². The van der Waals surface area contributed by atoms with E-state index in [1.807, 2.05) is 4.90 Å². The number of benzene rings is 1. The second kappa shape index (κ2) is 8.38. The minimum absolute atomic E-state index is 0.148. The number of carbonyl (C=O) groups is 1. The third kappa shape index (κ3) is 4.23. The van der Waals surface area contributed by atoms with Crippen molar-refractivity contribution in [3.63, 3.8) is 0 Å². The van der Waals surface area contributed by atoms with Gasteiger partial charge in [0.05, 0.1) is 6.61 Å². The molecule has 1 aromatic carbocycles. The van der Waals surface area contributed by atoms with E-state index >= 15 is 0 Å². The van der Waals surface area contributed by atoms with E-state index in [1.54, 1.807) is 6.92 Å². The molecule has 0 bridgehead atoms. The van der Waals surface area contributed by atoms with Crippen LogP contribution in [-0.2, 0) is 21.3 Å². The number of hydrogen-bond donors (Lipinski definition) is 0. The standard InChI is InChI=1S/C18H20F2N2O5S/c1-2-26-18(23)15-6-7-16(27-15)28(24,25)22-10-8-21(9-11-22)12-13-4-3-5-14(19)17(13)20/h3-7H,2,8-12H2,1H3. The molecule has 2 heterocycles. The molecule has 2 aromatic rings. The van der Waals surface area contributed by atoms with Gasteiger partial charge in [0.2, 0.25) is 10.9 Å². The van der Waals surface area contributed by atoms with E-state index in [1.165, 1.54) is 28.6 Å². The molecule has 0 atom stereocenters. The van der Waals surface area contributed by atoms with Crippen LogP contribution in [0.2, 0.25) is 0 Å². The fourth-order valence-corrected chi connectivity index (χ4v) is 4.27. The van der Waals surface area contributed by atoms with Gasteiger partial charge in [0.15, 0.2) is 11.6 Å². The van der Waals surface area contributed by atoms with Crippen molar-refractivity contribution in [1.82, 2.24) is 9.21 Å². The summed E-state index contributed by atoms with van der Waals surface area (Å²) in [5.74, 6) is -2.71. The highest BCUT2D eigenvalue weighted by Crippen LogP contribution is 2.22. The number of nitrogens with zero attached hydrogens (tertiary/aromatic N) is 2. The summed E-state index contributed by atoms with van der Waals surface area (Å²) in [5.41, 5.74) is 0.224. The average molecular weight is 414 g/mol. The van der Waals surface area contributed by atoms with E-state index < -0.39 is 27.6 Å². The zero-order chi connectivity index (χ0) is 20.3. The molecular formula is C18H20F2N2O5S. The molecule has 0 saturated carbocycles. The van der Waals surface area contributed by atoms with Crippen molar-refractivity contribution in [3.05, 3.63) is 53.3 Å². The highest BCUT2D eigenvalue weighted by molar-refractivity contribution is 7.89. The summed E-state index contributed by atoms with van der Waals surface area (Å²) in [4.78, 5) is 13.5. The molecule has 1 fully saturated rings. The second-order valence-corrected chi connectivity index (χ2v) is 8.10. The lowest BCUT2D eigenvalue weighted by molar-refractivity contribution is 0.0483. The quantitative estimate of drug-likeness (QED) is 0.675. The lowest BCUT2D eigenvalue weighted by Gasteiger charge is -2.33. The number of halogens is 2. The number of ether oxygens (including phenoxy) is 1. The fraction of sp³-hybridized carbons (Fsp3) is 0.389. The zero-order valence-electron chi connectivity index (χ0n) is 15.2. The lowest BCUT2D eigenvalue weighted by atomic mass is 10.2. The summed E-state index contributed by atoms with van der Waals surface area (Å²) in [6.45, 7) is 2.99. The Bertz CT molecular complexity index is 953. The largest absolute Gasteiger partial charge is 0.460 e. The van der Waals surface area contributed by atoms with Crippen molar-refractivity contribution in [2.75, 3.05) is 32.8 Å². The molecule has 152 valence electrons. The molecule has 10 heteroatoms. The van der Waals surface area contributed by atoms with Crippen molar-refractivity contribution in [2.45, 2.75) is 18.6 Å². The first kappa shape index (κ1) is 20.4. The van der Waals surface area contributed by atoms with Gasteiger partial charge in [0, 0.05) is 38.3 Å². The number of carbonyl (C=O) groups excluding carboxylic acids is 1. The molecule has 0 radical (unpaired) electrons. The van der Waals surface area contributed by atoms with Gasteiger partial charge in [-0.1, -0.05) is 12.1 Å². The fourth-order valence-electron chi connectivity index (χ4n) is 2.94. The van der Waals surface area contributed by atoms with Crippen LogP contribution in [0, 0.1) is 11.6 Å². The minimum Gasteiger partial charge on any atom is -0.460 e. The molecular weight excluding hydrogens is 394 g/mol. The van der Waals surface area contributed by atoms with Gasteiger partial charge in [-0.05, 0) is 25.1 Å². The third-order valence-electron chi connectivity index (χ3n) is 4.41. The summed E-state index contributed by atoms with van der Waals surface area (Å²) in [5, 5.41) is -0.333. The first-order chi connectivity index (χ1) is 13.3. The number of hydrogen-bond acceptors (Lipinski definition) is 6. The first-order valence-corrected chi connectivity index (χ1v) is 10.2. The van der Waals surface area contributed by atoms with Gasteiger partial charge in [-0.15, -0.1) is 0 Å². The Balaban J connectivity index is 1.64. The number of rotatable bonds is 6. The van der Waals surface area contributed by atoms with Crippen LogP contribution in [0.4, 0.5) is 8.78 Å². The second-order valence-electron chi connectivity index (χ2n) is 6.23. The van der Waals surface area contributed by atoms with Crippen LogP contribution < -0.4 is 0 Å². The Morgan fingerprint density at radius 3 is 2.54 bits per heavy atom. The van der Waals surface area contributed by atoms with Crippen LogP contribution in [0.5, 0.6) is 0 Å². The monoisotopic (exact) mass is 414 g/mol. The molecule has 0 unspecified atom stereocenters. The maximum Gasteiger partial charge on any atom is 0.374 e. The summed E-state index contributed by atoms with van der Waals surface area (Å²) in [6.07, 6.45) is 0. The van der Waals surface area contributed by atoms with Crippen LogP contribution in [0.15, 0.2) is 39.8 Å². The van der Waals surface area contributed by atoms with Crippen LogP contribution in [0.3, 0.4) is 0 Å². The molecule has 0 spiro atoms. The van der Waals surface area contributed by atoms with Crippen molar-refractivity contribution in [1.29, 1.82) is 0 Å². The summed E-state index contributed by atoms with van der Waals surface area (Å²) < 4.78 is 63.7. The predicted octanol–water partition coefficient (Wildman–Crippen LogP) is 2.24. The molecule has 1 aliphatic rings. The Morgan fingerprint density at radius 2 is 1.86 bits per heavy atom. The van der Waals surface area contributed by atoms with E-state index in [0.717, 1.165) is 6.07 Å². The van der Waals surface area contributed by atoms with Crippen molar-refractivity contribution < 1.29 is 31.1 Å². The van der Waals surface area contributed by atoms with Crippen molar-refractivity contribution >= 4 is 16.0 Å². The molecule has 1 saturated heterocycles. The minimum atomic E-state index is -3.90. The zero-order valence-corrected chi connectivity index (χ0v) is 16.0. The van der Waals surface area contributed by atoms with Gasteiger partial charge in [-0.3, -0.25) is 4.90 Å². The van der Waals surface area contributed by atoms with E-state index in [4.69, 9.17) is 9.15 Å². The molecule has 0 N–H and O–H groups in total. The number of esters is 1. The van der Waals surface area contributed by atoms with Crippen molar-refractivity contribution in [3.8, 4) is 0 Å². The number of sulfonamides is 1. The molecule has 0 aliphatic carbocycles. The van der Waals surface area contributed by atoms with Crippen LogP contribution >= 0.6 is 0 Å². The van der Waals surface area contributed by atoms with E-state index in [2.05, 4.69) is 0 Å². The molecule has 3 rings (SSSR count). The van der Waals surface area contributed by atoms with Gasteiger partial charge in [0.1, 0.15) is 0 Å². The van der Waals surface area contributed by atoms with E-state index in [9.17, 15) is 22.0 Å². The maximum absolute atomic E-state index is 13.8. The summed E-state index contributed by atoms with van der Waals surface area (Å²) in [6, 6.07) is 6.47. The van der Waals surface area contributed by atoms with Crippen LogP contribution in [0.25, 0.3) is 0 Å². The van der Waals surface area contributed by atoms with Gasteiger partial charge in [0.25, 0.3) is 10.0 Å². The summed E-state index contributed by atoms with van der Waals surface area (Å²) in [7, 11) is -3.90. The molecule has 28 heavy (non-hydrogen) atoms. The van der Waals surface area contributed by atoms with Crippen molar-refractivity contribution in [2.24, 2.45) is 0 Å². The highest BCUT2D eigenvalue weighted by atomic mass is 32.2. The smallest absolute Gasteiger partial charge is 0.374 e. The van der Waals surface area contributed by atoms with Gasteiger partial charge < -0.3 is 9.15 Å². The Hall–Kier alpha value is -2.30. The Kier molecular flexibility index (Phi) is 6.11. The van der Waals surface area contributed by atoms with Gasteiger partial charge in [-0.2, -0.15) is 4.31 Å². The number of furan rings is 1. The third-order valence-corrected chi connectivity index (χ3v) is 6.18. The first-order valence-electron chi connectivity index (χ1n) is 8.75. The normalized spacial score (nSPS) is 16.2. The van der Waals surface area contributed by atoms with E-state index in [0.29, 0.717) is 13.1 Å². The highest BCUT2D eigenvalue weighted by Gasteiger charge is 2.32. The lowest BCUT2D eigenvalue weighted by Crippen LogP contribution is -2.48. The average Bonchev–Trinajstić information content (AvgIpc) is 3.17. The SMILES string of the molecule is CCOC(=O)c1ccc(S(=O)(=O)N2CCN(Cc3cccc(F)c3F)CC2)o1. The Morgan fingerprint density at radius 1 is 1.14 bits per heavy atom.